The maximum atomic E-state index is 13.0. The summed E-state index contributed by atoms with van der Waals surface area (Å²) in [5.74, 6) is -1.10. The number of carbonyl (C=O) groups excluding carboxylic acids is 1. The highest BCUT2D eigenvalue weighted by Crippen LogP contribution is 2.32. The standard InChI is InChI=1S/C18H20N2O4/c1-24-12-18(17(22)23)7-4-8-20(11-18)16(21)15-10-19-9-13-5-2-3-6-14(13)15/h2-3,5-6,9-10H,4,7-8,11-12H2,1H3,(H,22,23). The highest BCUT2D eigenvalue weighted by atomic mass is 16.5. The van der Waals surface area contributed by atoms with Crippen LogP contribution in [-0.4, -0.2) is 53.7 Å². The Morgan fingerprint density at radius 2 is 2.12 bits per heavy atom. The van der Waals surface area contributed by atoms with Crippen molar-refractivity contribution in [1.82, 2.24) is 9.88 Å². The fourth-order valence-corrected chi connectivity index (χ4v) is 3.39. The molecule has 1 aromatic carbocycles. The molecule has 1 aromatic heterocycles. The van der Waals surface area contributed by atoms with E-state index < -0.39 is 11.4 Å². The molecule has 1 fully saturated rings. The first-order valence-corrected chi connectivity index (χ1v) is 7.92. The van der Waals surface area contributed by atoms with Crippen LogP contribution in [0.4, 0.5) is 0 Å². The highest BCUT2D eigenvalue weighted by molar-refractivity contribution is 6.06. The summed E-state index contributed by atoms with van der Waals surface area (Å²) >= 11 is 0. The van der Waals surface area contributed by atoms with Crippen LogP contribution in [0.3, 0.4) is 0 Å². The predicted molar refractivity (Wildman–Crippen MR) is 88.8 cm³/mol. The van der Waals surface area contributed by atoms with Gasteiger partial charge in [-0.25, -0.2) is 0 Å². The van der Waals surface area contributed by atoms with E-state index in [2.05, 4.69) is 4.98 Å². The molecule has 126 valence electrons. The SMILES string of the molecule is COCC1(C(=O)O)CCCN(C(=O)c2cncc3ccccc23)C1. The molecule has 0 spiro atoms. The van der Waals surface area contributed by atoms with Crippen LogP contribution in [-0.2, 0) is 9.53 Å². The number of carbonyl (C=O) groups is 2. The quantitative estimate of drug-likeness (QED) is 0.930. The first-order chi connectivity index (χ1) is 11.6. The van der Waals surface area contributed by atoms with E-state index in [1.54, 1.807) is 17.3 Å². The lowest BCUT2D eigenvalue weighted by atomic mass is 9.80. The number of hydrogen-bond donors (Lipinski definition) is 1. The molecule has 0 radical (unpaired) electrons. The van der Waals surface area contributed by atoms with Gasteiger partial charge in [0, 0.05) is 38.0 Å². The minimum atomic E-state index is -1.04. The van der Waals surface area contributed by atoms with Gasteiger partial charge in [-0.05, 0) is 18.2 Å². The number of aromatic nitrogens is 1. The number of fused-ring (bicyclic) bond motifs is 1. The lowest BCUT2D eigenvalue weighted by Gasteiger charge is -2.39. The number of carboxylic acids is 1. The van der Waals surface area contributed by atoms with E-state index in [0.29, 0.717) is 24.9 Å². The Balaban J connectivity index is 1.93. The molecular formula is C18H20N2O4. The fourth-order valence-electron chi connectivity index (χ4n) is 3.39. The summed E-state index contributed by atoms with van der Waals surface area (Å²) in [6.07, 6.45) is 4.42. The Labute approximate surface area is 140 Å². The lowest BCUT2D eigenvalue weighted by Crippen LogP contribution is -2.52. The van der Waals surface area contributed by atoms with E-state index in [1.807, 2.05) is 24.3 Å². The zero-order chi connectivity index (χ0) is 17.2. The van der Waals surface area contributed by atoms with Gasteiger partial charge in [-0.2, -0.15) is 0 Å². The maximum Gasteiger partial charge on any atom is 0.313 e. The minimum Gasteiger partial charge on any atom is -0.481 e. The number of piperidine rings is 1. The Morgan fingerprint density at radius 1 is 1.33 bits per heavy atom. The number of rotatable bonds is 4. The molecule has 1 unspecified atom stereocenters. The Morgan fingerprint density at radius 3 is 2.88 bits per heavy atom. The summed E-state index contributed by atoms with van der Waals surface area (Å²) in [7, 11) is 1.49. The Hall–Kier alpha value is -2.47. The van der Waals surface area contributed by atoms with Crippen LogP contribution in [0.25, 0.3) is 10.8 Å². The third-order valence-electron chi connectivity index (χ3n) is 4.64. The largest absolute Gasteiger partial charge is 0.481 e. The fraction of sp³-hybridized carbons (Fsp3) is 0.389. The molecule has 1 amide bonds. The number of carboxylic acid groups (broad SMARTS) is 1. The van der Waals surface area contributed by atoms with Gasteiger partial charge in [0.1, 0.15) is 5.41 Å². The number of pyridine rings is 1. The summed E-state index contributed by atoms with van der Waals surface area (Å²) in [5, 5.41) is 11.4. The maximum absolute atomic E-state index is 13.0. The van der Waals surface area contributed by atoms with Gasteiger partial charge in [0.25, 0.3) is 5.91 Å². The molecule has 1 N–H and O–H groups in total. The average Bonchev–Trinajstić information content (AvgIpc) is 2.61. The smallest absolute Gasteiger partial charge is 0.313 e. The number of aliphatic carboxylic acids is 1. The van der Waals surface area contributed by atoms with Crippen molar-refractivity contribution < 1.29 is 19.4 Å². The van der Waals surface area contributed by atoms with Gasteiger partial charge in [0.2, 0.25) is 0 Å². The van der Waals surface area contributed by atoms with Crippen LogP contribution in [0.2, 0.25) is 0 Å². The van der Waals surface area contributed by atoms with Crippen LogP contribution in [0.5, 0.6) is 0 Å². The molecule has 0 bridgehead atoms. The van der Waals surface area contributed by atoms with Crippen LogP contribution in [0.1, 0.15) is 23.2 Å². The van der Waals surface area contributed by atoms with Gasteiger partial charge in [0.15, 0.2) is 0 Å². The molecule has 1 atom stereocenters. The summed E-state index contributed by atoms with van der Waals surface area (Å²) < 4.78 is 5.12. The van der Waals surface area contributed by atoms with Crippen molar-refractivity contribution in [2.75, 3.05) is 26.8 Å². The monoisotopic (exact) mass is 328 g/mol. The number of hydrogen-bond acceptors (Lipinski definition) is 4. The summed E-state index contributed by atoms with van der Waals surface area (Å²) in [5.41, 5.74) is -0.535. The Kier molecular flexibility index (Phi) is 4.49. The summed E-state index contributed by atoms with van der Waals surface area (Å²) in [6, 6.07) is 7.56. The first-order valence-electron chi connectivity index (χ1n) is 7.92. The second-order valence-electron chi connectivity index (χ2n) is 6.26. The van der Waals surface area contributed by atoms with Gasteiger partial charge in [-0.3, -0.25) is 14.6 Å². The van der Waals surface area contributed by atoms with Crippen LogP contribution >= 0.6 is 0 Å². The van der Waals surface area contributed by atoms with Crippen LogP contribution < -0.4 is 0 Å². The second-order valence-corrected chi connectivity index (χ2v) is 6.26. The molecule has 1 aliphatic rings. The van der Waals surface area contributed by atoms with E-state index in [9.17, 15) is 14.7 Å². The predicted octanol–water partition coefficient (Wildman–Crippen LogP) is 2.19. The number of benzene rings is 1. The van der Waals surface area contributed by atoms with Gasteiger partial charge in [-0.15, -0.1) is 0 Å². The number of likely N-dealkylation sites (tertiary alicyclic amines) is 1. The molecule has 3 rings (SSSR count). The number of amides is 1. The minimum absolute atomic E-state index is 0.0971. The van der Waals surface area contributed by atoms with Gasteiger partial charge in [-0.1, -0.05) is 24.3 Å². The van der Waals surface area contributed by atoms with E-state index in [-0.39, 0.29) is 19.1 Å². The van der Waals surface area contributed by atoms with Gasteiger partial charge < -0.3 is 14.7 Å². The molecule has 0 saturated carbocycles. The molecule has 6 heteroatoms. The molecule has 1 aliphatic heterocycles. The zero-order valence-corrected chi connectivity index (χ0v) is 13.6. The van der Waals surface area contributed by atoms with Crippen molar-refractivity contribution in [1.29, 1.82) is 0 Å². The molecule has 0 aliphatic carbocycles. The third-order valence-corrected chi connectivity index (χ3v) is 4.64. The van der Waals surface area contributed by atoms with E-state index >= 15 is 0 Å². The van der Waals surface area contributed by atoms with E-state index in [1.165, 1.54) is 7.11 Å². The van der Waals surface area contributed by atoms with Crippen molar-refractivity contribution in [3.8, 4) is 0 Å². The van der Waals surface area contributed by atoms with E-state index in [4.69, 9.17) is 4.74 Å². The topological polar surface area (TPSA) is 79.7 Å². The summed E-state index contributed by atoms with van der Waals surface area (Å²) in [4.78, 5) is 30.5. The Bertz CT molecular complexity index is 767. The van der Waals surface area contributed by atoms with Crippen molar-refractivity contribution in [2.45, 2.75) is 12.8 Å². The molecule has 24 heavy (non-hydrogen) atoms. The van der Waals surface area contributed by atoms with E-state index in [0.717, 1.165) is 10.8 Å². The van der Waals surface area contributed by atoms with Crippen molar-refractivity contribution in [3.63, 3.8) is 0 Å². The molecule has 2 heterocycles. The van der Waals surface area contributed by atoms with Crippen molar-refractivity contribution in [3.05, 3.63) is 42.2 Å². The normalized spacial score (nSPS) is 21.0. The average molecular weight is 328 g/mol. The number of nitrogens with zero attached hydrogens (tertiary/aromatic N) is 2. The molecule has 6 nitrogen and oxygen atoms in total. The van der Waals surface area contributed by atoms with Gasteiger partial charge >= 0.3 is 5.97 Å². The van der Waals surface area contributed by atoms with Gasteiger partial charge in [0.05, 0.1) is 12.2 Å². The summed E-state index contributed by atoms with van der Waals surface area (Å²) in [6.45, 7) is 0.791. The third kappa shape index (κ3) is 2.85. The molecule has 2 aromatic rings. The lowest BCUT2D eigenvalue weighted by molar-refractivity contribution is -0.155. The molecular weight excluding hydrogens is 308 g/mol. The van der Waals surface area contributed by atoms with Crippen molar-refractivity contribution in [2.24, 2.45) is 5.41 Å². The zero-order valence-electron chi connectivity index (χ0n) is 13.6. The number of methoxy groups -OCH3 is 1. The van der Waals surface area contributed by atoms with Crippen molar-refractivity contribution >= 4 is 22.6 Å². The van der Waals surface area contributed by atoms with Crippen LogP contribution in [0.15, 0.2) is 36.7 Å². The number of ether oxygens (including phenoxy) is 1. The van der Waals surface area contributed by atoms with Crippen LogP contribution in [0, 0.1) is 5.41 Å². The first kappa shape index (κ1) is 16.4. The molecule has 1 saturated heterocycles. The second kappa shape index (κ2) is 6.57. The highest BCUT2D eigenvalue weighted by Gasteiger charge is 2.44.